The first-order valence-corrected chi connectivity index (χ1v) is 10.5. The Morgan fingerprint density at radius 2 is 1.91 bits per heavy atom. The van der Waals surface area contributed by atoms with Crippen LogP contribution in [-0.2, 0) is 33.8 Å². The van der Waals surface area contributed by atoms with Crippen LogP contribution in [0.1, 0.15) is 30.5 Å². The number of esters is 1. The molecule has 2 aromatic carbocycles. The van der Waals surface area contributed by atoms with Crippen LogP contribution in [0.15, 0.2) is 36.4 Å². The van der Waals surface area contributed by atoms with Gasteiger partial charge in [-0.05, 0) is 35.7 Å². The fraction of sp³-hybridized carbons (Fsp3) is 0.417. The number of hydrogen-bond donors (Lipinski definition) is 2. The second-order valence-electron chi connectivity index (χ2n) is 7.84. The van der Waals surface area contributed by atoms with E-state index < -0.39 is 5.97 Å². The van der Waals surface area contributed by atoms with Crippen molar-refractivity contribution in [3.63, 3.8) is 0 Å². The van der Waals surface area contributed by atoms with E-state index >= 15 is 4.39 Å². The second-order valence-corrected chi connectivity index (χ2v) is 7.84. The lowest BCUT2D eigenvalue weighted by molar-refractivity contribution is -0.143. The van der Waals surface area contributed by atoms with Crippen LogP contribution in [0.3, 0.4) is 0 Å². The lowest BCUT2D eigenvalue weighted by Gasteiger charge is -2.33. The largest absolute Gasteiger partial charge is 0.460 e. The number of morpholine rings is 1. The molecule has 2 aromatic rings. The molecule has 2 aliphatic heterocycles. The SMILES string of the molecule is C.N=C(N)CC(=O)OCc1cccc(N2CCc3cc(N4CCOCC4)ccc3C2)c1F. The molecule has 2 aliphatic rings. The first-order valence-electron chi connectivity index (χ1n) is 10.5. The van der Waals surface area contributed by atoms with Crippen molar-refractivity contribution in [2.24, 2.45) is 5.73 Å². The van der Waals surface area contributed by atoms with Gasteiger partial charge in [-0.2, -0.15) is 0 Å². The van der Waals surface area contributed by atoms with Gasteiger partial charge in [-0.25, -0.2) is 4.39 Å². The summed E-state index contributed by atoms with van der Waals surface area (Å²) in [6, 6.07) is 11.6. The van der Waals surface area contributed by atoms with Gasteiger partial charge in [0.15, 0.2) is 5.82 Å². The molecule has 4 rings (SSSR count). The highest BCUT2D eigenvalue weighted by atomic mass is 19.1. The molecule has 8 heteroatoms. The van der Waals surface area contributed by atoms with E-state index in [1.54, 1.807) is 18.2 Å². The molecule has 0 saturated carbocycles. The lowest BCUT2D eigenvalue weighted by Crippen LogP contribution is -2.36. The molecule has 172 valence electrons. The number of ether oxygens (including phenoxy) is 2. The van der Waals surface area contributed by atoms with Gasteiger partial charge in [0.1, 0.15) is 18.9 Å². The van der Waals surface area contributed by atoms with Gasteiger partial charge in [-0.1, -0.05) is 25.6 Å². The van der Waals surface area contributed by atoms with Crippen LogP contribution in [0.25, 0.3) is 0 Å². The smallest absolute Gasteiger partial charge is 0.313 e. The quantitative estimate of drug-likeness (QED) is 0.405. The number of anilines is 2. The average molecular weight is 443 g/mol. The van der Waals surface area contributed by atoms with Crippen LogP contribution in [0.5, 0.6) is 0 Å². The van der Waals surface area contributed by atoms with Crippen molar-refractivity contribution in [1.82, 2.24) is 0 Å². The molecular weight excluding hydrogens is 411 g/mol. The van der Waals surface area contributed by atoms with E-state index in [0.29, 0.717) is 24.3 Å². The molecular formula is C24H31FN4O3. The van der Waals surface area contributed by atoms with E-state index in [-0.39, 0.29) is 32.1 Å². The van der Waals surface area contributed by atoms with Crippen molar-refractivity contribution in [3.05, 3.63) is 58.9 Å². The Hall–Kier alpha value is -3.13. The van der Waals surface area contributed by atoms with E-state index in [2.05, 4.69) is 23.1 Å². The monoisotopic (exact) mass is 442 g/mol. The van der Waals surface area contributed by atoms with Gasteiger partial charge in [-0.3, -0.25) is 10.2 Å². The van der Waals surface area contributed by atoms with E-state index in [4.69, 9.17) is 20.6 Å². The van der Waals surface area contributed by atoms with Crippen molar-refractivity contribution in [3.8, 4) is 0 Å². The second kappa shape index (κ2) is 10.5. The van der Waals surface area contributed by atoms with Gasteiger partial charge >= 0.3 is 5.97 Å². The topological polar surface area (TPSA) is 91.9 Å². The summed E-state index contributed by atoms with van der Waals surface area (Å²) in [6.45, 7) is 4.47. The minimum Gasteiger partial charge on any atom is -0.460 e. The van der Waals surface area contributed by atoms with Crippen molar-refractivity contribution in [1.29, 1.82) is 5.41 Å². The molecule has 0 aliphatic carbocycles. The van der Waals surface area contributed by atoms with Gasteiger partial charge in [0.05, 0.1) is 18.9 Å². The van der Waals surface area contributed by atoms with Crippen LogP contribution in [-0.4, -0.2) is 44.7 Å². The van der Waals surface area contributed by atoms with Gasteiger partial charge in [-0.15, -0.1) is 0 Å². The third-order valence-electron chi connectivity index (χ3n) is 5.70. The van der Waals surface area contributed by atoms with Gasteiger partial charge in [0, 0.05) is 37.4 Å². The molecule has 1 fully saturated rings. The van der Waals surface area contributed by atoms with Gasteiger partial charge in [0.2, 0.25) is 0 Å². The summed E-state index contributed by atoms with van der Waals surface area (Å²) in [5.41, 5.74) is 9.72. The minimum absolute atomic E-state index is 0. The molecule has 7 nitrogen and oxygen atoms in total. The van der Waals surface area contributed by atoms with Crippen molar-refractivity contribution in [2.45, 2.75) is 33.4 Å². The number of fused-ring (bicyclic) bond motifs is 1. The fourth-order valence-corrected chi connectivity index (χ4v) is 4.05. The summed E-state index contributed by atoms with van der Waals surface area (Å²) >= 11 is 0. The Morgan fingerprint density at radius 1 is 1.12 bits per heavy atom. The van der Waals surface area contributed by atoms with Crippen LogP contribution in [0, 0.1) is 11.2 Å². The van der Waals surface area contributed by atoms with Crippen molar-refractivity contribution < 1.29 is 18.7 Å². The third kappa shape index (κ3) is 5.37. The van der Waals surface area contributed by atoms with Gasteiger partial charge < -0.3 is 25.0 Å². The summed E-state index contributed by atoms with van der Waals surface area (Å²) in [5, 5.41) is 7.14. The van der Waals surface area contributed by atoms with Crippen LogP contribution in [0.4, 0.5) is 15.8 Å². The van der Waals surface area contributed by atoms with Crippen LogP contribution in [0.2, 0.25) is 0 Å². The Morgan fingerprint density at radius 3 is 2.66 bits per heavy atom. The average Bonchev–Trinajstić information content (AvgIpc) is 2.78. The number of rotatable bonds is 6. The number of hydrogen-bond acceptors (Lipinski definition) is 6. The van der Waals surface area contributed by atoms with E-state index in [9.17, 15) is 4.79 Å². The molecule has 0 atom stereocenters. The number of nitrogens with zero attached hydrogens (tertiary/aromatic N) is 2. The van der Waals surface area contributed by atoms with E-state index in [1.807, 2.05) is 4.90 Å². The standard InChI is InChI=1S/C23H27FN4O3.CH4/c24-23-18(15-31-22(29)13-21(25)26)2-1-3-20(23)28-7-6-16-12-19(5-4-17(16)14-28)27-8-10-30-11-9-27;/h1-5,12H,6-11,13-15H2,(H3,25,26);1H4. The summed E-state index contributed by atoms with van der Waals surface area (Å²) in [7, 11) is 0. The molecule has 0 aromatic heterocycles. The zero-order valence-corrected chi connectivity index (χ0v) is 17.4. The molecule has 0 bridgehead atoms. The summed E-state index contributed by atoms with van der Waals surface area (Å²) in [6.07, 6.45) is 0.543. The maximum Gasteiger partial charge on any atom is 0.313 e. The van der Waals surface area contributed by atoms with Gasteiger partial charge in [0.25, 0.3) is 0 Å². The molecule has 0 amide bonds. The summed E-state index contributed by atoms with van der Waals surface area (Å²) in [5.74, 6) is -1.30. The highest BCUT2D eigenvalue weighted by molar-refractivity contribution is 5.94. The molecule has 1 saturated heterocycles. The Labute approximate surface area is 188 Å². The predicted octanol–water partition coefficient (Wildman–Crippen LogP) is 3.23. The summed E-state index contributed by atoms with van der Waals surface area (Å²) in [4.78, 5) is 16.0. The van der Waals surface area contributed by atoms with E-state index in [1.165, 1.54) is 16.8 Å². The highest BCUT2D eigenvalue weighted by Crippen LogP contribution is 2.30. The van der Waals surface area contributed by atoms with E-state index in [0.717, 1.165) is 32.7 Å². The molecule has 2 heterocycles. The van der Waals surface area contributed by atoms with Crippen LogP contribution >= 0.6 is 0 Å². The molecule has 0 unspecified atom stereocenters. The number of benzene rings is 2. The molecule has 0 radical (unpaired) electrons. The molecule has 3 N–H and O–H groups in total. The molecule has 32 heavy (non-hydrogen) atoms. The number of halogens is 1. The highest BCUT2D eigenvalue weighted by Gasteiger charge is 2.22. The van der Waals surface area contributed by atoms with Crippen molar-refractivity contribution >= 4 is 23.2 Å². The third-order valence-corrected chi connectivity index (χ3v) is 5.70. The number of carbonyl (C=O) groups excluding carboxylic acids is 1. The first kappa shape index (κ1) is 23.5. The number of carbonyl (C=O) groups is 1. The minimum atomic E-state index is -0.639. The normalized spacial score (nSPS) is 15.5. The lowest BCUT2D eigenvalue weighted by atomic mass is 9.97. The van der Waals surface area contributed by atoms with Crippen LogP contribution < -0.4 is 15.5 Å². The molecule has 0 spiro atoms. The number of nitrogens with one attached hydrogen (secondary N) is 1. The maximum atomic E-state index is 15.1. The first-order chi connectivity index (χ1) is 15.0. The zero-order chi connectivity index (χ0) is 21.8. The maximum absolute atomic E-state index is 15.1. The predicted molar refractivity (Wildman–Crippen MR) is 124 cm³/mol. The van der Waals surface area contributed by atoms with Crippen molar-refractivity contribution in [2.75, 3.05) is 42.6 Å². The Kier molecular flexibility index (Phi) is 7.69. The summed E-state index contributed by atoms with van der Waals surface area (Å²) < 4.78 is 25.6. The fourth-order valence-electron chi connectivity index (χ4n) is 4.05. The Balaban J connectivity index is 0.00000289. The zero-order valence-electron chi connectivity index (χ0n) is 17.4. The number of amidine groups is 1. The Bertz CT molecular complexity index is 976. The number of nitrogens with two attached hydrogens (primary N) is 1.